The third-order valence-electron chi connectivity index (χ3n) is 2.74. The highest BCUT2D eigenvalue weighted by Gasteiger charge is 2.09. The first-order valence-corrected chi connectivity index (χ1v) is 4.89. The molecule has 3 rings (SSSR count). The molecule has 1 aromatic carbocycles. The smallest absolute Gasteiger partial charge is 0.0553 e. The Balaban J connectivity index is 0.000000853. The van der Waals surface area contributed by atoms with Crippen molar-refractivity contribution in [2.45, 2.75) is 13.1 Å². The third kappa shape index (κ3) is 1.62. The van der Waals surface area contributed by atoms with Crippen LogP contribution in [0.2, 0.25) is 0 Å². The molecule has 78 valence electrons. The number of nitrogens with one attached hydrogen (secondary N) is 1. The fourth-order valence-corrected chi connectivity index (χ4v) is 1.96. The Morgan fingerprint density at radius 2 is 1.93 bits per heavy atom. The highest BCUT2D eigenvalue weighted by molar-refractivity contribution is 5.52. The van der Waals surface area contributed by atoms with E-state index in [0.717, 1.165) is 13.1 Å². The zero-order valence-electron chi connectivity index (χ0n) is 8.61. The Labute approximate surface area is 89.3 Å². The molecule has 3 nitrogen and oxygen atoms in total. The molecule has 0 fully saturated rings. The summed E-state index contributed by atoms with van der Waals surface area (Å²) in [6.07, 6.45) is 2.14. The van der Waals surface area contributed by atoms with E-state index in [2.05, 4.69) is 52.5 Å². The number of benzene rings is 1. The predicted octanol–water partition coefficient (Wildman–Crippen LogP) is 2.62. The summed E-state index contributed by atoms with van der Waals surface area (Å²) in [7, 11) is 0. The van der Waals surface area contributed by atoms with Crippen molar-refractivity contribution in [1.29, 1.82) is 0 Å². The Kier molecular flexibility index (Phi) is 2.47. The van der Waals surface area contributed by atoms with E-state index in [9.17, 15) is 0 Å². The van der Waals surface area contributed by atoms with E-state index in [0.29, 0.717) is 0 Å². The topological polar surface area (TPSA) is 52.0 Å². The molecule has 4 N–H and O–H groups in total. The SMILES string of the molecule is N.c1ccc2c(c1)Cn1cccc1CN2. The van der Waals surface area contributed by atoms with Gasteiger partial charge in [-0.15, -0.1) is 0 Å². The summed E-state index contributed by atoms with van der Waals surface area (Å²) in [6, 6.07) is 12.8. The van der Waals surface area contributed by atoms with Crippen molar-refractivity contribution in [2.24, 2.45) is 0 Å². The second-order valence-corrected chi connectivity index (χ2v) is 3.64. The van der Waals surface area contributed by atoms with E-state index in [1.165, 1.54) is 16.9 Å². The fraction of sp³-hybridized carbons (Fsp3) is 0.167. The molecule has 15 heavy (non-hydrogen) atoms. The van der Waals surface area contributed by atoms with Crippen LogP contribution < -0.4 is 11.5 Å². The van der Waals surface area contributed by atoms with Gasteiger partial charge in [0.05, 0.1) is 6.54 Å². The molecule has 1 aliphatic rings. The first-order valence-electron chi connectivity index (χ1n) is 4.89. The van der Waals surface area contributed by atoms with Crippen LogP contribution in [0.25, 0.3) is 0 Å². The summed E-state index contributed by atoms with van der Waals surface area (Å²) in [5, 5.41) is 3.45. The van der Waals surface area contributed by atoms with Crippen LogP contribution in [0.4, 0.5) is 5.69 Å². The van der Waals surface area contributed by atoms with E-state index in [1.54, 1.807) is 0 Å². The van der Waals surface area contributed by atoms with Gasteiger partial charge in [0.25, 0.3) is 0 Å². The fourth-order valence-electron chi connectivity index (χ4n) is 1.96. The van der Waals surface area contributed by atoms with Crippen LogP contribution in [0.5, 0.6) is 0 Å². The molecule has 0 unspecified atom stereocenters. The van der Waals surface area contributed by atoms with E-state index in [4.69, 9.17) is 0 Å². The minimum atomic E-state index is 0. The van der Waals surface area contributed by atoms with E-state index in [-0.39, 0.29) is 6.15 Å². The standard InChI is InChI=1S/C12H12N2.H3N/c1-2-6-12-10(4-1)9-14-7-3-5-11(14)8-13-12;/h1-7,13H,8-9H2;1H3. The van der Waals surface area contributed by atoms with Crippen molar-refractivity contribution in [3.05, 3.63) is 53.9 Å². The Bertz CT molecular complexity index is 459. The van der Waals surface area contributed by atoms with Crippen molar-refractivity contribution in [1.82, 2.24) is 10.7 Å². The maximum Gasteiger partial charge on any atom is 0.0553 e. The minimum absolute atomic E-state index is 0. The minimum Gasteiger partial charge on any atom is -0.379 e. The van der Waals surface area contributed by atoms with Crippen molar-refractivity contribution >= 4 is 5.69 Å². The molecule has 1 aliphatic heterocycles. The first kappa shape index (κ1) is 9.80. The van der Waals surface area contributed by atoms with Gasteiger partial charge < -0.3 is 16.0 Å². The maximum absolute atomic E-state index is 3.45. The average Bonchev–Trinajstić information content (AvgIpc) is 2.58. The number of fused-ring (bicyclic) bond motifs is 2. The van der Waals surface area contributed by atoms with E-state index < -0.39 is 0 Å². The summed E-state index contributed by atoms with van der Waals surface area (Å²) in [5.74, 6) is 0. The molecule has 0 amide bonds. The van der Waals surface area contributed by atoms with Crippen molar-refractivity contribution < 1.29 is 0 Å². The molecule has 0 aliphatic carbocycles. The van der Waals surface area contributed by atoms with Crippen LogP contribution in [0.1, 0.15) is 11.3 Å². The number of hydrogen-bond donors (Lipinski definition) is 2. The number of anilines is 1. The Hall–Kier alpha value is -1.74. The summed E-state index contributed by atoms with van der Waals surface area (Å²) in [6.45, 7) is 1.90. The Morgan fingerprint density at radius 3 is 2.87 bits per heavy atom. The van der Waals surface area contributed by atoms with Gasteiger partial charge in [-0.2, -0.15) is 0 Å². The van der Waals surface area contributed by atoms with Crippen LogP contribution >= 0.6 is 0 Å². The third-order valence-corrected chi connectivity index (χ3v) is 2.74. The monoisotopic (exact) mass is 201 g/mol. The number of aromatic nitrogens is 1. The van der Waals surface area contributed by atoms with Crippen LogP contribution in [0.15, 0.2) is 42.6 Å². The molecule has 2 aromatic rings. The number of hydrogen-bond acceptors (Lipinski definition) is 2. The first-order chi connectivity index (χ1) is 6.93. The van der Waals surface area contributed by atoms with Crippen LogP contribution in [-0.4, -0.2) is 4.57 Å². The second kappa shape index (κ2) is 3.79. The summed E-state index contributed by atoms with van der Waals surface area (Å²) < 4.78 is 2.29. The van der Waals surface area contributed by atoms with Crippen LogP contribution in [0, 0.1) is 0 Å². The van der Waals surface area contributed by atoms with Gasteiger partial charge in [-0.1, -0.05) is 18.2 Å². The lowest BCUT2D eigenvalue weighted by atomic mass is 10.2. The number of nitrogens with zero attached hydrogens (tertiary/aromatic N) is 1. The molecule has 0 atom stereocenters. The van der Waals surface area contributed by atoms with Crippen molar-refractivity contribution in [2.75, 3.05) is 5.32 Å². The molecule has 0 saturated carbocycles. The maximum atomic E-state index is 3.45. The Morgan fingerprint density at radius 1 is 1.07 bits per heavy atom. The molecule has 0 saturated heterocycles. The largest absolute Gasteiger partial charge is 0.379 e. The van der Waals surface area contributed by atoms with E-state index >= 15 is 0 Å². The molecular weight excluding hydrogens is 186 g/mol. The summed E-state index contributed by atoms with van der Waals surface area (Å²) >= 11 is 0. The molecule has 3 heteroatoms. The summed E-state index contributed by atoms with van der Waals surface area (Å²) in [4.78, 5) is 0. The molecule has 1 aromatic heterocycles. The number of para-hydroxylation sites is 1. The molecule has 0 spiro atoms. The lowest BCUT2D eigenvalue weighted by Crippen LogP contribution is -2.00. The van der Waals surface area contributed by atoms with Gasteiger partial charge in [0.15, 0.2) is 0 Å². The summed E-state index contributed by atoms with van der Waals surface area (Å²) in [5.41, 5.74) is 3.97. The highest BCUT2D eigenvalue weighted by Crippen LogP contribution is 2.21. The lowest BCUT2D eigenvalue weighted by Gasteiger charge is -2.05. The van der Waals surface area contributed by atoms with Gasteiger partial charge in [0, 0.05) is 24.1 Å². The predicted molar refractivity (Wildman–Crippen MR) is 62.3 cm³/mol. The molecule has 2 heterocycles. The molecule has 0 bridgehead atoms. The van der Waals surface area contributed by atoms with Gasteiger partial charge in [-0.05, 0) is 23.8 Å². The van der Waals surface area contributed by atoms with Crippen LogP contribution in [-0.2, 0) is 13.1 Å². The van der Waals surface area contributed by atoms with Crippen LogP contribution in [0.3, 0.4) is 0 Å². The second-order valence-electron chi connectivity index (χ2n) is 3.64. The van der Waals surface area contributed by atoms with E-state index in [1.807, 2.05) is 0 Å². The van der Waals surface area contributed by atoms with Gasteiger partial charge in [0.2, 0.25) is 0 Å². The zero-order chi connectivity index (χ0) is 9.38. The van der Waals surface area contributed by atoms with Crippen molar-refractivity contribution in [3.63, 3.8) is 0 Å². The lowest BCUT2D eigenvalue weighted by molar-refractivity contribution is 0.772. The van der Waals surface area contributed by atoms with Gasteiger partial charge in [-0.3, -0.25) is 0 Å². The molecule has 0 radical (unpaired) electrons. The normalized spacial score (nSPS) is 12.8. The van der Waals surface area contributed by atoms with Gasteiger partial charge >= 0.3 is 0 Å². The highest BCUT2D eigenvalue weighted by atomic mass is 15.0. The van der Waals surface area contributed by atoms with Crippen molar-refractivity contribution in [3.8, 4) is 0 Å². The van der Waals surface area contributed by atoms with Gasteiger partial charge in [-0.25, -0.2) is 0 Å². The van der Waals surface area contributed by atoms with Gasteiger partial charge in [0.1, 0.15) is 0 Å². The average molecular weight is 201 g/mol. The molecular formula is C12H15N3. The quantitative estimate of drug-likeness (QED) is 0.688. The zero-order valence-corrected chi connectivity index (χ0v) is 8.61. The number of rotatable bonds is 0.